The van der Waals surface area contributed by atoms with Crippen molar-refractivity contribution in [1.29, 1.82) is 0 Å². The molecule has 0 aromatic heterocycles. The number of hydrogen-bond acceptors (Lipinski definition) is 4. The summed E-state index contributed by atoms with van der Waals surface area (Å²) in [6.45, 7) is 0. The highest BCUT2D eigenvalue weighted by molar-refractivity contribution is 5.80. The molecule has 5 nitrogen and oxygen atoms in total. The van der Waals surface area contributed by atoms with Gasteiger partial charge in [-0.15, -0.1) is 0 Å². The molecule has 0 saturated carbocycles. The van der Waals surface area contributed by atoms with Crippen LogP contribution < -0.4 is 0 Å². The summed E-state index contributed by atoms with van der Waals surface area (Å²) in [4.78, 5) is 22.3. The molecule has 2 aromatic carbocycles. The Balaban J connectivity index is 1.81. The number of benzene rings is 2. The average molecular weight is 297 g/mol. The maximum absolute atomic E-state index is 12.0. The van der Waals surface area contributed by atoms with Crippen LogP contribution in [0.4, 0.5) is 5.69 Å². The highest BCUT2D eigenvalue weighted by Gasteiger charge is 2.30. The van der Waals surface area contributed by atoms with E-state index < -0.39 is 4.92 Å². The summed E-state index contributed by atoms with van der Waals surface area (Å²) in [5.41, 5.74) is 1.80. The van der Waals surface area contributed by atoms with Crippen LogP contribution in [0.1, 0.15) is 36.2 Å². The first-order chi connectivity index (χ1) is 10.6. The predicted molar refractivity (Wildman–Crippen MR) is 80.3 cm³/mol. The van der Waals surface area contributed by atoms with Crippen LogP contribution in [0.3, 0.4) is 0 Å². The Morgan fingerprint density at radius 1 is 0.909 bits per heavy atom. The lowest BCUT2D eigenvalue weighted by atomic mass is 9.94. The molecule has 1 aliphatic rings. The van der Waals surface area contributed by atoms with E-state index in [0.29, 0.717) is 12.8 Å². The minimum atomic E-state index is -0.441. The molecule has 2 aromatic rings. The summed E-state index contributed by atoms with van der Waals surface area (Å²) < 4.78 is 6.04. The van der Waals surface area contributed by atoms with E-state index >= 15 is 0 Å². The number of nitrogens with zero attached hydrogens (tertiary/aromatic N) is 1. The third kappa shape index (κ3) is 3.04. The van der Waals surface area contributed by atoms with Gasteiger partial charge in [0.05, 0.1) is 17.1 Å². The number of hydrogen-bond donors (Lipinski definition) is 0. The largest absolute Gasteiger partial charge is 0.365 e. The predicted octanol–water partition coefficient (Wildman–Crippen LogP) is 3.76. The van der Waals surface area contributed by atoms with Crippen molar-refractivity contribution < 1.29 is 14.5 Å². The molecule has 0 amide bonds. The van der Waals surface area contributed by atoms with Gasteiger partial charge in [0.1, 0.15) is 5.78 Å². The highest BCUT2D eigenvalue weighted by atomic mass is 16.6. The number of ether oxygens (including phenoxy) is 1. The van der Waals surface area contributed by atoms with E-state index in [1.807, 2.05) is 30.3 Å². The van der Waals surface area contributed by atoms with Gasteiger partial charge in [0.2, 0.25) is 0 Å². The SMILES string of the molecule is O=C1C[C@@H](c2ccccc2)O[C@@H](c2ccc([N+](=O)[O-])cc2)C1. The lowest BCUT2D eigenvalue weighted by molar-refractivity contribution is -0.384. The molecule has 0 N–H and O–H groups in total. The van der Waals surface area contributed by atoms with Gasteiger partial charge in [-0.1, -0.05) is 30.3 Å². The van der Waals surface area contributed by atoms with Crippen LogP contribution in [0.15, 0.2) is 54.6 Å². The Morgan fingerprint density at radius 2 is 1.45 bits per heavy atom. The monoisotopic (exact) mass is 297 g/mol. The van der Waals surface area contributed by atoms with Crippen LogP contribution in [0.5, 0.6) is 0 Å². The molecular weight excluding hydrogens is 282 g/mol. The Morgan fingerprint density at radius 3 is 2.00 bits per heavy atom. The van der Waals surface area contributed by atoms with Gasteiger partial charge < -0.3 is 4.74 Å². The lowest BCUT2D eigenvalue weighted by Gasteiger charge is -2.29. The van der Waals surface area contributed by atoms with Gasteiger partial charge in [-0.2, -0.15) is 0 Å². The Kier molecular flexibility index (Phi) is 3.98. The number of nitro benzene ring substituents is 1. The first kappa shape index (κ1) is 14.4. The summed E-state index contributed by atoms with van der Waals surface area (Å²) >= 11 is 0. The Bertz CT molecular complexity index is 682. The van der Waals surface area contributed by atoms with E-state index in [1.165, 1.54) is 12.1 Å². The molecule has 1 fully saturated rings. The standard InChI is InChI=1S/C17H15NO4/c19-15-10-16(12-4-2-1-3-5-12)22-17(11-15)13-6-8-14(9-7-13)18(20)21/h1-9,16-17H,10-11H2/t16-,17+/m0/s1. The second kappa shape index (κ2) is 6.07. The first-order valence-corrected chi connectivity index (χ1v) is 7.10. The molecule has 1 aliphatic heterocycles. The molecule has 0 radical (unpaired) electrons. The molecule has 5 heteroatoms. The van der Waals surface area contributed by atoms with E-state index in [9.17, 15) is 14.9 Å². The smallest absolute Gasteiger partial charge is 0.269 e. The third-order valence-corrected chi connectivity index (χ3v) is 3.80. The fourth-order valence-corrected chi connectivity index (χ4v) is 2.66. The number of carbonyl (C=O) groups excluding carboxylic acids is 1. The van der Waals surface area contributed by atoms with Crippen molar-refractivity contribution in [1.82, 2.24) is 0 Å². The van der Waals surface area contributed by atoms with Gasteiger partial charge >= 0.3 is 0 Å². The van der Waals surface area contributed by atoms with Gasteiger partial charge in [-0.05, 0) is 23.3 Å². The van der Waals surface area contributed by atoms with E-state index in [4.69, 9.17) is 4.74 Å². The molecular formula is C17H15NO4. The molecule has 0 spiro atoms. The van der Waals surface area contributed by atoms with E-state index in [-0.39, 0.29) is 23.7 Å². The number of non-ortho nitro benzene ring substituents is 1. The number of carbonyl (C=O) groups is 1. The molecule has 0 unspecified atom stereocenters. The van der Waals surface area contributed by atoms with Crippen molar-refractivity contribution >= 4 is 11.5 Å². The van der Waals surface area contributed by atoms with Gasteiger partial charge in [0.15, 0.2) is 0 Å². The van der Waals surface area contributed by atoms with Crippen LogP contribution in [-0.4, -0.2) is 10.7 Å². The summed E-state index contributed by atoms with van der Waals surface area (Å²) in [5.74, 6) is 0.142. The maximum Gasteiger partial charge on any atom is 0.269 e. The third-order valence-electron chi connectivity index (χ3n) is 3.80. The van der Waals surface area contributed by atoms with Crippen LogP contribution in [0, 0.1) is 10.1 Å². The molecule has 2 atom stereocenters. The molecule has 3 rings (SSSR count). The second-order valence-corrected chi connectivity index (χ2v) is 5.32. The number of rotatable bonds is 3. The van der Waals surface area contributed by atoms with Crippen molar-refractivity contribution in [2.45, 2.75) is 25.0 Å². The number of nitro groups is 1. The van der Waals surface area contributed by atoms with Crippen molar-refractivity contribution in [2.75, 3.05) is 0 Å². The van der Waals surface area contributed by atoms with Crippen molar-refractivity contribution in [3.05, 3.63) is 75.8 Å². The molecule has 0 bridgehead atoms. The zero-order valence-electron chi connectivity index (χ0n) is 11.8. The van der Waals surface area contributed by atoms with Crippen LogP contribution >= 0.6 is 0 Å². The Labute approximate surface area is 127 Å². The minimum Gasteiger partial charge on any atom is -0.365 e. The summed E-state index contributed by atoms with van der Waals surface area (Å²) in [6, 6.07) is 15.8. The lowest BCUT2D eigenvalue weighted by Crippen LogP contribution is -2.23. The van der Waals surface area contributed by atoms with E-state index in [1.54, 1.807) is 12.1 Å². The molecule has 22 heavy (non-hydrogen) atoms. The topological polar surface area (TPSA) is 69.4 Å². The molecule has 1 heterocycles. The first-order valence-electron chi connectivity index (χ1n) is 7.10. The second-order valence-electron chi connectivity index (χ2n) is 5.32. The van der Waals surface area contributed by atoms with Gasteiger partial charge in [-0.3, -0.25) is 14.9 Å². The van der Waals surface area contributed by atoms with E-state index in [2.05, 4.69) is 0 Å². The fraction of sp³-hybridized carbons (Fsp3) is 0.235. The quantitative estimate of drug-likeness (QED) is 0.639. The van der Waals surface area contributed by atoms with Gasteiger partial charge in [-0.25, -0.2) is 0 Å². The summed E-state index contributed by atoms with van der Waals surface area (Å²) in [6.07, 6.45) is 0.0594. The maximum atomic E-state index is 12.0. The Hall–Kier alpha value is -2.53. The zero-order chi connectivity index (χ0) is 15.5. The highest BCUT2D eigenvalue weighted by Crippen LogP contribution is 2.37. The normalized spacial score (nSPS) is 21.5. The molecule has 112 valence electrons. The molecule has 0 aliphatic carbocycles. The number of ketones is 1. The van der Waals surface area contributed by atoms with Crippen LogP contribution in [0.2, 0.25) is 0 Å². The minimum absolute atomic E-state index is 0.0329. The van der Waals surface area contributed by atoms with Crippen molar-refractivity contribution in [3.63, 3.8) is 0 Å². The average Bonchev–Trinajstić information content (AvgIpc) is 2.55. The van der Waals surface area contributed by atoms with E-state index in [0.717, 1.165) is 11.1 Å². The van der Waals surface area contributed by atoms with Gasteiger partial charge in [0, 0.05) is 25.0 Å². The molecule has 1 saturated heterocycles. The van der Waals surface area contributed by atoms with Crippen molar-refractivity contribution in [2.24, 2.45) is 0 Å². The van der Waals surface area contributed by atoms with Crippen LogP contribution in [-0.2, 0) is 9.53 Å². The summed E-state index contributed by atoms with van der Waals surface area (Å²) in [7, 11) is 0. The van der Waals surface area contributed by atoms with Crippen LogP contribution in [0.25, 0.3) is 0 Å². The van der Waals surface area contributed by atoms with Gasteiger partial charge in [0.25, 0.3) is 5.69 Å². The fourth-order valence-electron chi connectivity index (χ4n) is 2.66. The zero-order valence-corrected chi connectivity index (χ0v) is 11.8. The summed E-state index contributed by atoms with van der Waals surface area (Å²) in [5, 5.41) is 10.7. The number of Topliss-reactive ketones (excluding diaryl/α,β-unsaturated/α-hetero) is 1. The van der Waals surface area contributed by atoms with Crippen molar-refractivity contribution in [3.8, 4) is 0 Å².